The van der Waals surface area contributed by atoms with Crippen LogP contribution in [0.3, 0.4) is 0 Å². The van der Waals surface area contributed by atoms with Gasteiger partial charge in [-0.2, -0.15) is 0 Å². The molecule has 0 unspecified atom stereocenters. The van der Waals surface area contributed by atoms with Gasteiger partial charge < -0.3 is 5.73 Å². The molecule has 0 saturated carbocycles. The SMILES string of the molecule is Nc1ncc([N+](=O)[O-])c(S(N)(=O)=O)c1C(F)F. The van der Waals surface area contributed by atoms with Crippen molar-refractivity contribution in [2.24, 2.45) is 5.14 Å². The molecule has 1 aromatic heterocycles. The van der Waals surface area contributed by atoms with E-state index in [1.807, 2.05) is 0 Å². The molecule has 8 nitrogen and oxygen atoms in total. The number of nitrogens with two attached hydrogens (primary N) is 2. The average molecular weight is 268 g/mol. The van der Waals surface area contributed by atoms with E-state index in [1.165, 1.54) is 0 Å². The van der Waals surface area contributed by atoms with E-state index in [-0.39, 0.29) is 0 Å². The highest BCUT2D eigenvalue weighted by Crippen LogP contribution is 2.35. The second-order valence-corrected chi connectivity index (χ2v) is 4.37. The number of sulfonamides is 1. The smallest absolute Gasteiger partial charge is 0.308 e. The minimum absolute atomic E-state index is 0.459. The molecule has 1 heterocycles. The number of nitrogens with zero attached hydrogens (tertiary/aromatic N) is 2. The molecule has 0 radical (unpaired) electrons. The van der Waals surface area contributed by atoms with Crippen LogP contribution in [0.1, 0.15) is 12.0 Å². The van der Waals surface area contributed by atoms with Crippen molar-refractivity contribution in [3.8, 4) is 0 Å². The standard InChI is InChI=1S/C6H6F2N4O4S/c7-5(8)3-4(17(10,15)16)2(12(13)14)1-11-6(3)9/h1,5H,(H2,9,11)(H2,10,15,16). The lowest BCUT2D eigenvalue weighted by Gasteiger charge is -2.09. The number of pyridine rings is 1. The molecule has 0 atom stereocenters. The topological polar surface area (TPSA) is 142 Å². The third kappa shape index (κ3) is 2.45. The molecule has 0 amide bonds. The first-order valence-electron chi connectivity index (χ1n) is 3.90. The lowest BCUT2D eigenvalue weighted by Crippen LogP contribution is -2.18. The van der Waals surface area contributed by atoms with Crippen LogP contribution in [0, 0.1) is 10.1 Å². The molecule has 0 aliphatic carbocycles. The summed E-state index contributed by atoms with van der Waals surface area (Å²) in [5.41, 5.74) is 2.65. The van der Waals surface area contributed by atoms with Gasteiger partial charge in [-0.3, -0.25) is 10.1 Å². The van der Waals surface area contributed by atoms with E-state index in [0.717, 1.165) is 0 Å². The molecule has 0 aromatic carbocycles. The van der Waals surface area contributed by atoms with Crippen LogP contribution in [0.2, 0.25) is 0 Å². The number of nitro groups is 1. The molecule has 0 aliphatic heterocycles. The summed E-state index contributed by atoms with van der Waals surface area (Å²) in [6.07, 6.45) is -2.89. The zero-order chi connectivity index (χ0) is 13.4. The largest absolute Gasteiger partial charge is 0.383 e. The maximum Gasteiger partial charge on any atom is 0.308 e. The Balaban J connectivity index is 3.82. The molecular weight excluding hydrogens is 262 g/mol. The first-order chi connectivity index (χ1) is 7.66. The van der Waals surface area contributed by atoms with Crippen molar-refractivity contribution in [1.29, 1.82) is 0 Å². The molecule has 11 heteroatoms. The average Bonchev–Trinajstić information content (AvgIpc) is 2.14. The van der Waals surface area contributed by atoms with Crippen LogP contribution in [0.25, 0.3) is 0 Å². The highest BCUT2D eigenvalue weighted by atomic mass is 32.2. The number of rotatable bonds is 3. The van der Waals surface area contributed by atoms with Gasteiger partial charge in [0.25, 0.3) is 6.43 Å². The fourth-order valence-electron chi connectivity index (χ4n) is 1.15. The van der Waals surface area contributed by atoms with E-state index in [2.05, 4.69) is 10.1 Å². The van der Waals surface area contributed by atoms with Crippen LogP contribution in [0.15, 0.2) is 11.1 Å². The molecular formula is C6H6F2N4O4S. The Labute approximate surface area is 93.4 Å². The van der Waals surface area contributed by atoms with E-state index < -0.39 is 43.3 Å². The lowest BCUT2D eigenvalue weighted by molar-refractivity contribution is -0.388. The summed E-state index contributed by atoms with van der Waals surface area (Å²) in [4.78, 5) is 11.1. The fourth-order valence-corrected chi connectivity index (χ4v) is 2.07. The van der Waals surface area contributed by atoms with E-state index in [4.69, 9.17) is 5.73 Å². The maximum absolute atomic E-state index is 12.6. The van der Waals surface area contributed by atoms with E-state index in [1.54, 1.807) is 0 Å². The van der Waals surface area contributed by atoms with E-state index >= 15 is 0 Å². The molecule has 17 heavy (non-hydrogen) atoms. The number of hydrogen-bond acceptors (Lipinski definition) is 6. The van der Waals surface area contributed by atoms with Crippen molar-refractivity contribution in [2.45, 2.75) is 11.3 Å². The summed E-state index contributed by atoms with van der Waals surface area (Å²) >= 11 is 0. The Kier molecular flexibility index (Phi) is 3.24. The van der Waals surface area contributed by atoms with Crippen LogP contribution in [-0.4, -0.2) is 18.3 Å². The minimum Gasteiger partial charge on any atom is -0.383 e. The van der Waals surface area contributed by atoms with Gasteiger partial charge in [-0.15, -0.1) is 0 Å². The van der Waals surface area contributed by atoms with Gasteiger partial charge in [0.2, 0.25) is 10.0 Å². The van der Waals surface area contributed by atoms with Crippen LogP contribution in [0.5, 0.6) is 0 Å². The van der Waals surface area contributed by atoms with Crippen LogP contribution in [0.4, 0.5) is 20.3 Å². The molecule has 0 bridgehead atoms. The van der Waals surface area contributed by atoms with Crippen LogP contribution < -0.4 is 10.9 Å². The van der Waals surface area contributed by atoms with Crippen molar-refractivity contribution >= 4 is 21.5 Å². The van der Waals surface area contributed by atoms with Crippen LogP contribution in [-0.2, 0) is 10.0 Å². The van der Waals surface area contributed by atoms with Crippen molar-refractivity contribution in [3.05, 3.63) is 21.9 Å². The molecule has 1 rings (SSSR count). The van der Waals surface area contributed by atoms with Gasteiger partial charge in [0.1, 0.15) is 12.0 Å². The normalized spacial score (nSPS) is 11.8. The van der Waals surface area contributed by atoms with Gasteiger partial charge in [0.15, 0.2) is 4.90 Å². The number of alkyl halides is 2. The van der Waals surface area contributed by atoms with Crippen molar-refractivity contribution in [3.63, 3.8) is 0 Å². The Morgan fingerprint density at radius 2 is 2.00 bits per heavy atom. The van der Waals surface area contributed by atoms with Gasteiger partial charge in [0.05, 0.1) is 10.5 Å². The van der Waals surface area contributed by atoms with E-state index in [9.17, 15) is 27.3 Å². The van der Waals surface area contributed by atoms with Crippen LogP contribution >= 0.6 is 0 Å². The van der Waals surface area contributed by atoms with Crippen molar-refractivity contribution in [2.75, 3.05) is 5.73 Å². The first kappa shape index (κ1) is 13.2. The Morgan fingerprint density at radius 1 is 1.47 bits per heavy atom. The fraction of sp³-hybridized carbons (Fsp3) is 0.167. The van der Waals surface area contributed by atoms with Gasteiger partial charge in [0, 0.05) is 0 Å². The predicted molar refractivity (Wildman–Crippen MR) is 51.6 cm³/mol. The molecule has 0 aliphatic rings. The highest BCUT2D eigenvalue weighted by molar-refractivity contribution is 7.89. The number of aromatic nitrogens is 1. The quantitative estimate of drug-likeness (QED) is 0.590. The number of anilines is 1. The molecule has 4 N–H and O–H groups in total. The Hall–Kier alpha value is -1.88. The molecule has 0 spiro atoms. The first-order valence-corrected chi connectivity index (χ1v) is 5.44. The van der Waals surface area contributed by atoms with Gasteiger partial charge in [-0.05, 0) is 0 Å². The summed E-state index contributed by atoms with van der Waals surface area (Å²) in [5, 5.41) is 15.2. The maximum atomic E-state index is 12.6. The third-order valence-electron chi connectivity index (χ3n) is 1.78. The number of halogens is 2. The van der Waals surface area contributed by atoms with Gasteiger partial charge >= 0.3 is 5.69 Å². The number of nitrogen functional groups attached to an aromatic ring is 1. The van der Waals surface area contributed by atoms with Gasteiger partial charge in [-0.1, -0.05) is 0 Å². The molecule has 1 aromatic rings. The lowest BCUT2D eigenvalue weighted by atomic mass is 10.2. The second-order valence-electron chi connectivity index (χ2n) is 2.87. The Bertz CT molecular complexity index is 574. The van der Waals surface area contributed by atoms with E-state index in [0.29, 0.717) is 6.20 Å². The van der Waals surface area contributed by atoms with Crippen molar-refractivity contribution < 1.29 is 22.1 Å². The zero-order valence-electron chi connectivity index (χ0n) is 8.00. The third-order valence-corrected chi connectivity index (χ3v) is 2.78. The summed E-state index contributed by atoms with van der Waals surface area (Å²) in [5.74, 6) is -0.824. The monoisotopic (exact) mass is 268 g/mol. The van der Waals surface area contributed by atoms with Gasteiger partial charge in [-0.25, -0.2) is 27.3 Å². The molecule has 94 valence electrons. The molecule has 0 saturated heterocycles. The Morgan fingerprint density at radius 3 is 2.35 bits per heavy atom. The number of primary sulfonamides is 1. The minimum atomic E-state index is -4.72. The summed E-state index contributed by atoms with van der Waals surface area (Å²) in [6.45, 7) is 0. The second kappa shape index (κ2) is 4.18. The summed E-state index contributed by atoms with van der Waals surface area (Å²) in [7, 11) is -4.72. The number of hydrogen-bond donors (Lipinski definition) is 2. The zero-order valence-corrected chi connectivity index (χ0v) is 8.82. The molecule has 0 fully saturated rings. The predicted octanol–water partition coefficient (Wildman–Crippen LogP) is 0.157. The summed E-state index contributed by atoms with van der Waals surface area (Å²) < 4.78 is 47.4. The summed E-state index contributed by atoms with van der Waals surface area (Å²) in [6, 6.07) is 0. The van der Waals surface area contributed by atoms with Crippen molar-refractivity contribution in [1.82, 2.24) is 4.98 Å². The highest BCUT2D eigenvalue weighted by Gasteiger charge is 2.33.